The molecule has 4 aromatic carbocycles. The van der Waals surface area contributed by atoms with Gasteiger partial charge in [0.05, 0.1) is 37.6 Å². The van der Waals surface area contributed by atoms with E-state index in [0.29, 0.717) is 12.2 Å². The van der Waals surface area contributed by atoms with Crippen LogP contribution in [0.4, 0.5) is 4.79 Å². The highest BCUT2D eigenvalue weighted by Gasteiger charge is 2.41. The molecule has 3 heterocycles. The highest BCUT2D eigenvalue weighted by atomic mass is 16.5. The number of H-pyrrole nitrogens is 1. The van der Waals surface area contributed by atoms with Crippen molar-refractivity contribution in [3.63, 3.8) is 0 Å². The lowest BCUT2D eigenvalue weighted by atomic mass is 9.98. The second-order valence-electron chi connectivity index (χ2n) is 16.3. The minimum Gasteiger partial charge on any atom is -0.453 e. The van der Waals surface area contributed by atoms with E-state index in [9.17, 15) is 19.2 Å². The third-order valence-corrected chi connectivity index (χ3v) is 11.7. The number of carbonyl (C=O) groups excluding carboxylic acids is 4. The highest BCUT2D eigenvalue weighted by Crippen LogP contribution is 2.36. The summed E-state index contributed by atoms with van der Waals surface area (Å²) >= 11 is 0. The van der Waals surface area contributed by atoms with Gasteiger partial charge in [-0.3, -0.25) is 24.7 Å². The van der Waals surface area contributed by atoms with E-state index in [2.05, 4.69) is 52.0 Å². The van der Waals surface area contributed by atoms with Gasteiger partial charge in [-0.25, -0.2) is 9.78 Å². The number of benzene rings is 4. The average molecular weight is 823 g/mol. The normalized spacial score (nSPS) is 17.8. The second kappa shape index (κ2) is 18.3. The minimum absolute atomic E-state index is 0.0114. The number of ketones is 1. The number of amidine groups is 1. The number of hydrogen-bond acceptors (Lipinski definition) is 8. The number of imidazole rings is 1. The van der Waals surface area contributed by atoms with Crippen LogP contribution >= 0.6 is 0 Å². The summed E-state index contributed by atoms with van der Waals surface area (Å²) in [7, 11) is 5.12. The van der Waals surface area contributed by atoms with Gasteiger partial charge in [0.1, 0.15) is 23.7 Å². The average Bonchev–Trinajstić information content (AvgIpc) is 4.05. The van der Waals surface area contributed by atoms with Crippen molar-refractivity contribution in [1.82, 2.24) is 35.3 Å². The van der Waals surface area contributed by atoms with Crippen LogP contribution in [-0.4, -0.2) is 101 Å². The van der Waals surface area contributed by atoms with Crippen molar-refractivity contribution in [1.29, 1.82) is 5.41 Å². The third kappa shape index (κ3) is 9.12. The van der Waals surface area contributed by atoms with Gasteiger partial charge in [0.2, 0.25) is 11.8 Å². The Balaban J connectivity index is 1.02. The first kappa shape index (κ1) is 42.5. The fraction of sp³-hybridized carbons (Fsp3) is 0.333. The topological polar surface area (TPSA) is 164 Å². The molecule has 2 fully saturated rings. The molecule has 0 spiro atoms. The summed E-state index contributed by atoms with van der Waals surface area (Å²) < 4.78 is 4.71. The number of nitrogens with one attached hydrogen (secondary N) is 4. The van der Waals surface area contributed by atoms with Crippen LogP contribution in [0.25, 0.3) is 38.9 Å². The summed E-state index contributed by atoms with van der Waals surface area (Å²) in [6.07, 6.45) is 4.77. The molecule has 13 heteroatoms. The maximum Gasteiger partial charge on any atom is 0.407 e. The van der Waals surface area contributed by atoms with E-state index in [1.807, 2.05) is 97.7 Å². The summed E-state index contributed by atoms with van der Waals surface area (Å²) in [5.74, 6) is 0.0482. The van der Waals surface area contributed by atoms with Crippen LogP contribution in [0.2, 0.25) is 0 Å². The molecule has 5 aromatic rings. The van der Waals surface area contributed by atoms with Crippen LogP contribution in [0, 0.1) is 11.3 Å². The molecule has 7 rings (SSSR count). The lowest BCUT2D eigenvalue weighted by molar-refractivity contribution is -0.137. The molecule has 1 aromatic heterocycles. The number of Topliss-reactive ketones (excluding diaryl/α,β-unsaturated/α-hetero) is 1. The lowest BCUT2D eigenvalue weighted by Gasteiger charge is -2.31. The summed E-state index contributed by atoms with van der Waals surface area (Å²) in [6, 6.07) is 28.5. The number of carbonyl (C=O) groups is 4. The Morgan fingerprint density at radius 1 is 0.918 bits per heavy atom. The lowest BCUT2D eigenvalue weighted by Crippen LogP contribution is -2.55. The fourth-order valence-corrected chi connectivity index (χ4v) is 8.45. The number of likely N-dealkylation sites (tertiary alicyclic amines) is 2. The molecule has 2 saturated heterocycles. The number of methoxy groups -OCH3 is 1. The largest absolute Gasteiger partial charge is 0.453 e. The molecule has 316 valence electrons. The zero-order valence-electron chi connectivity index (χ0n) is 35.6. The van der Waals surface area contributed by atoms with Crippen molar-refractivity contribution in [3.05, 3.63) is 120 Å². The van der Waals surface area contributed by atoms with Crippen molar-refractivity contribution >= 4 is 46.0 Å². The molecule has 2 aliphatic rings. The Bertz CT molecular complexity index is 2460. The van der Waals surface area contributed by atoms with Gasteiger partial charge >= 0.3 is 6.09 Å². The number of allylic oxidation sites excluding steroid dienone is 1. The fourth-order valence-electron chi connectivity index (χ4n) is 8.45. The van der Waals surface area contributed by atoms with E-state index < -0.39 is 24.1 Å². The van der Waals surface area contributed by atoms with E-state index >= 15 is 0 Å². The highest BCUT2D eigenvalue weighted by molar-refractivity contribution is 6.03. The Morgan fingerprint density at radius 2 is 1.59 bits per heavy atom. The molecular weight excluding hydrogens is 769 g/mol. The first-order valence-electron chi connectivity index (χ1n) is 20.8. The second-order valence-corrected chi connectivity index (χ2v) is 16.3. The van der Waals surface area contributed by atoms with Crippen LogP contribution in [0.1, 0.15) is 69.1 Å². The Hall–Kier alpha value is -6.60. The minimum atomic E-state index is -0.904. The summed E-state index contributed by atoms with van der Waals surface area (Å²) in [6.45, 7) is 6.02. The number of aromatic amines is 1. The van der Waals surface area contributed by atoms with Gasteiger partial charge in [0.25, 0.3) is 0 Å². The number of alkyl carbamates (subject to hydrolysis) is 1. The zero-order chi connectivity index (χ0) is 43.4. The molecule has 0 unspecified atom stereocenters. The van der Waals surface area contributed by atoms with Crippen molar-refractivity contribution in [2.45, 2.75) is 64.2 Å². The predicted octanol–water partition coefficient (Wildman–Crippen LogP) is 7.34. The quantitative estimate of drug-likeness (QED) is 0.0751. The first-order valence-corrected chi connectivity index (χ1v) is 20.8. The maximum atomic E-state index is 14.0. The number of hydrogen-bond donors (Lipinski definition) is 4. The van der Waals surface area contributed by atoms with Crippen LogP contribution in [0.5, 0.6) is 0 Å². The van der Waals surface area contributed by atoms with E-state index in [1.165, 1.54) is 12.0 Å². The molecule has 0 aliphatic carbocycles. The summed E-state index contributed by atoms with van der Waals surface area (Å²) in [4.78, 5) is 65.7. The molecule has 61 heavy (non-hydrogen) atoms. The molecular formula is C48H54N8O5. The standard InChI is InChI=1S/C48H54N8O5/c1-7-38(51-44(49)41-26-37(57)28-56(41)46(58)42(29(2)3)53-48(60)61-6)31-17-15-30(16-18-31)33-19-20-35-25-36(22-21-34(35)24-33)39-27-50-45(52-39)40-14-11-23-55(40)47(59)43(54(4)5)32-12-9-8-10-13-32/h7-10,12-13,15-22,24-25,27,29,40-43H,11,14,23,26,28H2,1-6H3,(H2,49,51)(H,50,52)(H,53,60)/b38-7-/t40-,41-,42-,43+/m0/s1. The number of rotatable bonds is 12. The van der Waals surface area contributed by atoms with Crippen molar-refractivity contribution in [2.24, 2.45) is 5.92 Å². The number of aromatic nitrogens is 2. The van der Waals surface area contributed by atoms with Gasteiger partial charge in [-0.2, -0.15) is 0 Å². The molecule has 4 N–H and O–H groups in total. The summed E-state index contributed by atoms with van der Waals surface area (Å²) in [5, 5.41) is 16.8. The number of amides is 3. The molecule has 2 aliphatic heterocycles. The number of likely N-dealkylation sites (N-methyl/N-ethyl adjacent to an activating group) is 1. The predicted molar refractivity (Wildman–Crippen MR) is 237 cm³/mol. The Kier molecular flexibility index (Phi) is 12.8. The van der Waals surface area contributed by atoms with E-state index in [-0.39, 0.29) is 48.5 Å². The molecule has 0 radical (unpaired) electrons. The summed E-state index contributed by atoms with van der Waals surface area (Å²) in [5.41, 5.74) is 6.47. The SMILES string of the molecule is C/C=C(\NC(=N)[C@@H]1CC(=O)CN1C(=O)[C@@H](NC(=O)OC)C(C)C)c1ccc(-c2ccc3cc(-c4cnc([C@@H]5CCCN5C(=O)[C@@H](c5ccccc5)N(C)C)[nH]4)ccc3c2)cc1. The number of ether oxygens (including phenoxy) is 1. The molecule has 4 atom stereocenters. The van der Waals surface area contributed by atoms with Crippen molar-refractivity contribution in [2.75, 3.05) is 34.3 Å². The number of fused-ring (bicyclic) bond motifs is 1. The molecule has 13 nitrogen and oxygen atoms in total. The van der Waals surface area contributed by atoms with E-state index in [0.717, 1.165) is 62.9 Å². The van der Waals surface area contributed by atoms with E-state index in [1.54, 1.807) is 13.8 Å². The molecule has 3 amide bonds. The first-order chi connectivity index (χ1) is 29.4. The monoisotopic (exact) mass is 822 g/mol. The zero-order valence-corrected chi connectivity index (χ0v) is 35.6. The van der Waals surface area contributed by atoms with Crippen molar-refractivity contribution < 1.29 is 23.9 Å². The molecule has 0 bridgehead atoms. The van der Waals surface area contributed by atoms with Crippen LogP contribution in [-0.2, 0) is 19.1 Å². The molecule has 0 saturated carbocycles. The van der Waals surface area contributed by atoms with Crippen molar-refractivity contribution in [3.8, 4) is 22.4 Å². The third-order valence-electron chi connectivity index (χ3n) is 11.7. The van der Waals surface area contributed by atoms with Gasteiger partial charge < -0.3 is 30.2 Å². The smallest absolute Gasteiger partial charge is 0.407 e. The number of nitrogens with zero attached hydrogens (tertiary/aromatic N) is 4. The van der Waals surface area contributed by atoms with Gasteiger partial charge in [-0.1, -0.05) is 98.8 Å². The van der Waals surface area contributed by atoms with Gasteiger partial charge in [-0.05, 0) is 84.9 Å². The van der Waals surface area contributed by atoms with Crippen LogP contribution in [0.3, 0.4) is 0 Å². The van der Waals surface area contributed by atoms with Crippen LogP contribution < -0.4 is 10.6 Å². The Morgan fingerprint density at radius 3 is 2.25 bits per heavy atom. The van der Waals surface area contributed by atoms with Gasteiger partial charge in [-0.15, -0.1) is 0 Å². The van der Waals surface area contributed by atoms with Gasteiger partial charge in [0.15, 0.2) is 5.78 Å². The van der Waals surface area contributed by atoms with E-state index in [4.69, 9.17) is 15.1 Å². The maximum absolute atomic E-state index is 14.0. The van der Waals surface area contributed by atoms with Crippen LogP contribution in [0.15, 0.2) is 103 Å². The Labute approximate surface area is 356 Å². The van der Waals surface area contributed by atoms with Gasteiger partial charge in [0, 0.05) is 24.2 Å².